The Morgan fingerprint density at radius 1 is 1.03 bits per heavy atom. The van der Waals surface area contributed by atoms with Crippen LogP contribution in [-0.4, -0.2) is 50.9 Å². The van der Waals surface area contributed by atoms with Gasteiger partial charge in [-0.25, -0.2) is 0 Å². The minimum atomic E-state index is -0.0966. The van der Waals surface area contributed by atoms with Gasteiger partial charge in [-0.05, 0) is 36.8 Å². The zero-order chi connectivity index (χ0) is 20.9. The van der Waals surface area contributed by atoms with E-state index in [-0.39, 0.29) is 5.91 Å². The molecule has 7 heteroatoms. The minimum absolute atomic E-state index is 0.0966. The van der Waals surface area contributed by atoms with Gasteiger partial charge >= 0.3 is 0 Å². The number of fused-ring (bicyclic) bond motifs is 2. The summed E-state index contributed by atoms with van der Waals surface area (Å²) in [5, 5.41) is 0. The fourth-order valence-corrected chi connectivity index (χ4v) is 3.47. The zero-order valence-corrected chi connectivity index (χ0v) is 17.2. The van der Waals surface area contributed by atoms with Gasteiger partial charge in [0.1, 0.15) is 26.4 Å². The van der Waals surface area contributed by atoms with E-state index in [1.54, 1.807) is 24.2 Å². The highest BCUT2D eigenvalue weighted by atomic mass is 16.6. The van der Waals surface area contributed by atoms with Gasteiger partial charge in [-0.15, -0.1) is 0 Å². The lowest BCUT2D eigenvalue weighted by atomic mass is 10.1. The zero-order valence-electron chi connectivity index (χ0n) is 17.2. The molecule has 7 nitrogen and oxygen atoms in total. The largest absolute Gasteiger partial charge is 0.493 e. The van der Waals surface area contributed by atoms with Gasteiger partial charge < -0.3 is 28.6 Å². The second kappa shape index (κ2) is 8.98. The van der Waals surface area contributed by atoms with Gasteiger partial charge in [-0.1, -0.05) is 12.1 Å². The fourth-order valence-electron chi connectivity index (χ4n) is 3.47. The molecule has 0 atom stereocenters. The molecule has 0 aliphatic carbocycles. The van der Waals surface area contributed by atoms with Gasteiger partial charge in [0.15, 0.2) is 23.0 Å². The van der Waals surface area contributed by atoms with E-state index in [0.717, 1.165) is 22.6 Å². The van der Waals surface area contributed by atoms with Crippen LogP contribution in [0.4, 0.5) is 0 Å². The summed E-state index contributed by atoms with van der Waals surface area (Å²) in [5.41, 5.74) is 1.73. The summed E-state index contributed by atoms with van der Waals surface area (Å²) >= 11 is 0. The third-order valence-corrected chi connectivity index (χ3v) is 4.97. The third-order valence-electron chi connectivity index (χ3n) is 4.97. The molecule has 0 unspecified atom stereocenters. The highest BCUT2D eigenvalue weighted by molar-refractivity contribution is 5.92. The van der Waals surface area contributed by atoms with Crippen LogP contribution in [0.25, 0.3) is 6.08 Å². The predicted octanol–water partition coefficient (Wildman–Crippen LogP) is 3.30. The summed E-state index contributed by atoms with van der Waals surface area (Å²) in [5.74, 6) is 3.14. The van der Waals surface area contributed by atoms with E-state index in [4.69, 9.17) is 23.7 Å². The molecular formula is C23H25NO6. The number of likely N-dealkylation sites (N-methyl/N-ethyl adjacent to an activating group) is 1. The third kappa shape index (κ3) is 4.15. The Labute approximate surface area is 175 Å². The molecule has 0 spiro atoms. The van der Waals surface area contributed by atoms with Crippen LogP contribution in [0.5, 0.6) is 28.7 Å². The molecule has 1 amide bonds. The highest BCUT2D eigenvalue weighted by Gasteiger charge is 2.20. The molecule has 0 radical (unpaired) electrons. The first-order valence-corrected chi connectivity index (χ1v) is 10.0. The molecule has 4 rings (SSSR count). The molecule has 0 saturated heterocycles. The van der Waals surface area contributed by atoms with Gasteiger partial charge in [-0.2, -0.15) is 0 Å². The average Bonchev–Trinajstić information content (AvgIpc) is 2.80. The Morgan fingerprint density at radius 2 is 1.77 bits per heavy atom. The lowest BCUT2D eigenvalue weighted by Gasteiger charge is -2.24. The van der Waals surface area contributed by atoms with Crippen molar-refractivity contribution < 1.29 is 28.5 Å². The maximum atomic E-state index is 12.8. The summed E-state index contributed by atoms with van der Waals surface area (Å²) < 4.78 is 28.1. The molecule has 30 heavy (non-hydrogen) atoms. The smallest absolute Gasteiger partial charge is 0.246 e. The number of carbonyl (C=O) groups is 1. The topological polar surface area (TPSA) is 66.5 Å². The Kier molecular flexibility index (Phi) is 5.97. The first-order valence-electron chi connectivity index (χ1n) is 10.0. The van der Waals surface area contributed by atoms with E-state index in [9.17, 15) is 4.79 Å². The molecule has 2 aromatic carbocycles. The van der Waals surface area contributed by atoms with Gasteiger partial charge in [0, 0.05) is 24.7 Å². The maximum absolute atomic E-state index is 12.8. The molecule has 0 bridgehead atoms. The van der Waals surface area contributed by atoms with E-state index in [2.05, 4.69) is 0 Å². The number of hydrogen-bond acceptors (Lipinski definition) is 6. The summed E-state index contributed by atoms with van der Waals surface area (Å²) in [4.78, 5) is 14.6. The van der Waals surface area contributed by atoms with E-state index in [0.29, 0.717) is 56.8 Å². The van der Waals surface area contributed by atoms with Crippen LogP contribution in [0, 0.1) is 0 Å². The number of para-hydroxylation sites is 1. The van der Waals surface area contributed by atoms with Crippen LogP contribution in [0.2, 0.25) is 0 Å². The van der Waals surface area contributed by atoms with Gasteiger partial charge in [0.25, 0.3) is 0 Å². The number of amides is 1. The van der Waals surface area contributed by atoms with Crippen LogP contribution in [0.1, 0.15) is 18.1 Å². The van der Waals surface area contributed by atoms with Crippen molar-refractivity contribution in [1.29, 1.82) is 0 Å². The molecule has 158 valence electrons. The number of methoxy groups -OCH3 is 1. The van der Waals surface area contributed by atoms with Crippen molar-refractivity contribution in [2.75, 3.05) is 40.1 Å². The normalized spacial score (nSPS) is 14.5. The molecule has 0 saturated carbocycles. The quantitative estimate of drug-likeness (QED) is 0.680. The van der Waals surface area contributed by atoms with Crippen molar-refractivity contribution in [1.82, 2.24) is 4.90 Å². The van der Waals surface area contributed by atoms with Crippen molar-refractivity contribution in [3.63, 3.8) is 0 Å². The van der Waals surface area contributed by atoms with Crippen molar-refractivity contribution in [3.05, 3.63) is 47.5 Å². The van der Waals surface area contributed by atoms with Crippen molar-refractivity contribution in [2.45, 2.75) is 13.5 Å². The summed E-state index contributed by atoms with van der Waals surface area (Å²) in [7, 11) is 1.58. The summed E-state index contributed by atoms with van der Waals surface area (Å²) in [6.45, 7) is 4.98. The molecule has 0 N–H and O–H groups in total. The lowest BCUT2D eigenvalue weighted by Crippen LogP contribution is -2.29. The molecule has 0 fully saturated rings. The van der Waals surface area contributed by atoms with Gasteiger partial charge in [0.05, 0.1) is 7.11 Å². The van der Waals surface area contributed by atoms with Crippen molar-refractivity contribution in [2.24, 2.45) is 0 Å². The van der Waals surface area contributed by atoms with Crippen molar-refractivity contribution >= 4 is 12.0 Å². The summed E-state index contributed by atoms with van der Waals surface area (Å²) in [6, 6.07) is 9.42. The van der Waals surface area contributed by atoms with E-state index < -0.39 is 0 Å². The molecule has 2 aromatic rings. The molecular weight excluding hydrogens is 386 g/mol. The molecule has 2 aliphatic heterocycles. The van der Waals surface area contributed by atoms with Crippen molar-refractivity contribution in [3.8, 4) is 28.7 Å². The van der Waals surface area contributed by atoms with Crippen LogP contribution in [0.3, 0.4) is 0 Å². The maximum Gasteiger partial charge on any atom is 0.246 e. The second-order valence-electron chi connectivity index (χ2n) is 6.87. The van der Waals surface area contributed by atoms with Crippen LogP contribution in [0.15, 0.2) is 36.4 Å². The monoisotopic (exact) mass is 411 g/mol. The van der Waals surface area contributed by atoms with Crippen LogP contribution < -0.4 is 23.7 Å². The number of hydrogen-bond donors (Lipinski definition) is 0. The number of benzene rings is 2. The molecule has 0 aromatic heterocycles. The Bertz CT molecular complexity index is 938. The number of ether oxygens (including phenoxy) is 5. The highest BCUT2D eigenvalue weighted by Crippen LogP contribution is 2.40. The molecule has 2 aliphatic rings. The van der Waals surface area contributed by atoms with E-state index in [1.807, 2.05) is 37.3 Å². The lowest BCUT2D eigenvalue weighted by molar-refractivity contribution is -0.126. The fraction of sp³-hybridized carbons (Fsp3) is 0.348. The Hall–Kier alpha value is -3.35. The number of carbonyl (C=O) groups excluding carboxylic acids is 1. The second-order valence-corrected chi connectivity index (χ2v) is 6.87. The van der Waals surface area contributed by atoms with Crippen LogP contribution in [-0.2, 0) is 11.3 Å². The number of nitrogens with zero attached hydrogens (tertiary/aromatic N) is 1. The van der Waals surface area contributed by atoms with E-state index >= 15 is 0 Å². The van der Waals surface area contributed by atoms with Gasteiger partial charge in [-0.3, -0.25) is 4.79 Å². The average molecular weight is 411 g/mol. The first-order chi connectivity index (χ1) is 14.7. The Morgan fingerprint density at radius 3 is 2.53 bits per heavy atom. The first kappa shape index (κ1) is 19.9. The van der Waals surface area contributed by atoms with Gasteiger partial charge in [0.2, 0.25) is 11.7 Å². The molecule has 2 heterocycles. The standard InChI is InChI=1S/C23H25NO6/c1-3-24(15-17-5-4-6-18-22(17)29-11-9-27-18)21(25)8-7-16-13-19(26-2)23-20(14-16)28-10-12-30-23/h4-8,13-14H,3,9-12,15H2,1-2H3/b8-7+. The SMILES string of the molecule is CCN(Cc1cccc2c1OCCO2)C(=O)/C=C/c1cc(OC)c2c(c1)OCCO2. The number of rotatable bonds is 6. The Balaban J connectivity index is 1.51. The predicted molar refractivity (Wildman–Crippen MR) is 112 cm³/mol. The van der Waals surface area contributed by atoms with Crippen LogP contribution >= 0.6 is 0 Å². The summed E-state index contributed by atoms with van der Waals surface area (Å²) in [6.07, 6.45) is 3.31. The minimum Gasteiger partial charge on any atom is -0.493 e. The van der Waals surface area contributed by atoms with E-state index in [1.165, 1.54) is 0 Å².